The first-order valence-corrected chi connectivity index (χ1v) is 6.12. The maximum Gasteiger partial charge on any atom is 0.335 e. The smallest absolute Gasteiger partial charge is 0.335 e. The molecule has 0 atom stereocenters. The number of carboxylic acids is 1. The molecule has 0 aliphatic rings. The van der Waals surface area contributed by atoms with Gasteiger partial charge in [0, 0.05) is 16.2 Å². The zero-order valence-corrected chi connectivity index (χ0v) is 10.6. The molecule has 17 heavy (non-hydrogen) atoms. The first kappa shape index (κ1) is 13.5. The van der Waals surface area contributed by atoms with Crippen molar-refractivity contribution < 1.29 is 14.7 Å². The summed E-state index contributed by atoms with van der Waals surface area (Å²) in [7, 11) is 0. The van der Waals surface area contributed by atoms with Crippen LogP contribution in [0.5, 0.6) is 0 Å². The molecule has 1 rings (SSSR count). The number of thioether (sulfide) groups is 1. The highest BCUT2D eigenvalue weighted by Gasteiger charge is 2.07. The highest BCUT2D eigenvalue weighted by molar-refractivity contribution is 7.99. The van der Waals surface area contributed by atoms with Gasteiger partial charge in [-0.25, -0.2) is 4.79 Å². The third-order valence-corrected chi connectivity index (χ3v) is 3.13. The topological polar surface area (TPSA) is 54.4 Å². The molecular formula is C13H14O3S. The van der Waals surface area contributed by atoms with Gasteiger partial charge in [0.1, 0.15) is 0 Å². The number of allylic oxidation sites excluding steroid dienone is 1. The summed E-state index contributed by atoms with van der Waals surface area (Å²) in [6.45, 7) is 4.02. The SMILES string of the molecule is CC(C)=CCSc1ccc(C(=O)O)cc1C=O. The lowest BCUT2D eigenvalue weighted by molar-refractivity contribution is 0.0697. The lowest BCUT2D eigenvalue weighted by Gasteiger charge is -2.04. The molecule has 0 saturated heterocycles. The number of hydrogen-bond donors (Lipinski definition) is 1. The summed E-state index contributed by atoms with van der Waals surface area (Å²) >= 11 is 1.52. The lowest BCUT2D eigenvalue weighted by Crippen LogP contribution is -1.98. The van der Waals surface area contributed by atoms with Crippen molar-refractivity contribution in [2.75, 3.05) is 5.75 Å². The quantitative estimate of drug-likeness (QED) is 0.495. The van der Waals surface area contributed by atoms with Gasteiger partial charge in [0.15, 0.2) is 6.29 Å². The summed E-state index contributed by atoms with van der Waals surface area (Å²) in [6.07, 6.45) is 2.75. The second kappa shape index (κ2) is 6.25. The fourth-order valence-electron chi connectivity index (χ4n) is 1.20. The molecule has 4 heteroatoms. The summed E-state index contributed by atoms with van der Waals surface area (Å²) in [6, 6.07) is 4.59. The minimum Gasteiger partial charge on any atom is -0.478 e. The van der Waals surface area contributed by atoms with E-state index in [2.05, 4.69) is 6.08 Å². The van der Waals surface area contributed by atoms with Gasteiger partial charge in [0.05, 0.1) is 5.56 Å². The number of benzene rings is 1. The summed E-state index contributed by atoms with van der Waals surface area (Å²) in [4.78, 5) is 22.4. The average Bonchev–Trinajstić information content (AvgIpc) is 2.28. The van der Waals surface area contributed by atoms with Crippen molar-refractivity contribution in [3.63, 3.8) is 0 Å². The van der Waals surface area contributed by atoms with E-state index in [4.69, 9.17) is 5.11 Å². The van der Waals surface area contributed by atoms with Crippen LogP contribution in [0.4, 0.5) is 0 Å². The zero-order valence-electron chi connectivity index (χ0n) is 9.77. The van der Waals surface area contributed by atoms with E-state index < -0.39 is 5.97 Å². The molecule has 0 bridgehead atoms. The minimum absolute atomic E-state index is 0.138. The number of rotatable bonds is 5. The second-order valence-electron chi connectivity index (χ2n) is 3.77. The van der Waals surface area contributed by atoms with Crippen LogP contribution in [0.3, 0.4) is 0 Å². The van der Waals surface area contributed by atoms with Crippen molar-refractivity contribution >= 4 is 24.0 Å². The Labute approximate surface area is 105 Å². The maximum absolute atomic E-state index is 10.9. The molecular weight excluding hydrogens is 236 g/mol. The van der Waals surface area contributed by atoms with E-state index in [-0.39, 0.29) is 5.56 Å². The molecule has 0 amide bonds. The van der Waals surface area contributed by atoms with Crippen molar-refractivity contribution in [1.29, 1.82) is 0 Å². The third kappa shape index (κ3) is 4.07. The molecule has 0 fully saturated rings. The molecule has 0 saturated carbocycles. The van der Waals surface area contributed by atoms with E-state index >= 15 is 0 Å². The molecule has 0 spiro atoms. The molecule has 1 aromatic carbocycles. The van der Waals surface area contributed by atoms with Crippen molar-refractivity contribution in [3.8, 4) is 0 Å². The van der Waals surface area contributed by atoms with E-state index in [0.29, 0.717) is 11.8 Å². The standard InChI is InChI=1S/C13H14O3S/c1-9(2)5-6-17-12-4-3-10(13(15)16)7-11(12)8-14/h3-5,7-8H,6H2,1-2H3,(H,15,16). The Morgan fingerprint density at radius 1 is 1.41 bits per heavy atom. The van der Waals surface area contributed by atoms with Gasteiger partial charge in [0.25, 0.3) is 0 Å². The van der Waals surface area contributed by atoms with Crippen LogP contribution < -0.4 is 0 Å². The van der Waals surface area contributed by atoms with Crippen molar-refractivity contribution in [1.82, 2.24) is 0 Å². The lowest BCUT2D eigenvalue weighted by atomic mass is 10.1. The van der Waals surface area contributed by atoms with Gasteiger partial charge in [-0.2, -0.15) is 0 Å². The maximum atomic E-state index is 10.9. The van der Waals surface area contributed by atoms with Crippen LogP contribution in [0.15, 0.2) is 34.7 Å². The normalized spacial score (nSPS) is 9.76. The Hall–Kier alpha value is -1.55. The summed E-state index contributed by atoms with van der Waals surface area (Å²) in [5, 5.41) is 8.81. The van der Waals surface area contributed by atoms with Gasteiger partial charge in [-0.05, 0) is 32.0 Å². The first-order valence-electron chi connectivity index (χ1n) is 5.13. The molecule has 1 N–H and O–H groups in total. The van der Waals surface area contributed by atoms with Crippen molar-refractivity contribution in [2.24, 2.45) is 0 Å². The van der Waals surface area contributed by atoms with Crippen LogP contribution >= 0.6 is 11.8 Å². The number of aldehydes is 1. The van der Waals surface area contributed by atoms with Crippen LogP contribution in [0, 0.1) is 0 Å². The van der Waals surface area contributed by atoms with Crippen molar-refractivity contribution in [3.05, 3.63) is 41.0 Å². The Balaban J connectivity index is 2.89. The number of carboxylic acid groups (broad SMARTS) is 1. The number of carbonyl (C=O) groups excluding carboxylic acids is 1. The largest absolute Gasteiger partial charge is 0.478 e. The Bertz CT molecular complexity index is 460. The fraction of sp³-hybridized carbons (Fsp3) is 0.231. The Morgan fingerprint density at radius 2 is 2.12 bits per heavy atom. The third-order valence-electron chi connectivity index (χ3n) is 2.11. The van der Waals surface area contributed by atoms with Gasteiger partial charge in [0.2, 0.25) is 0 Å². The minimum atomic E-state index is -1.02. The molecule has 90 valence electrons. The fourth-order valence-corrected chi connectivity index (χ4v) is 2.24. The van der Waals surface area contributed by atoms with E-state index in [0.717, 1.165) is 10.6 Å². The van der Waals surface area contributed by atoms with Crippen molar-refractivity contribution in [2.45, 2.75) is 18.7 Å². The predicted octanol–water partition coefficient (Wildman–Crippen LogP) is 3.26. The first-order chi connectivity index (χ1) is 8.04. The zero-order chi connectivity index (χ0) is 12.8. The molecule has 1 aromatic rings. The van der Waals surface area contributed by atoms with Gasteiger partial charge < -0.3 is 5.11 Å². The second-order valence-corrected chi connectivity index (χ2v) is 4.83. The molecule has 0 heterocycles. The Morgan fingerprint density at radius 3 is 2.65 bits per heavy atom. The monoisotopic (exact) mass is 250 g/mol. The van der Waals surface area contributed by atoms with E-state index in [9.17, 15) is 9.59 Å². The molecule has 3 nitrogen and oxygen atoms in total. The molecule has 0 aliphatic carbocycles. The van der Waals surface area contributed by atoms with Gasteiger partial charge >= 0.3 is 5.97 Å². The van der Waals surface area contributed by atoms with E-state index in [1.165, 1.54) is 29.5 Å². The van der Waals surface area contributed by atoms with Gasteiger partial charge in [-0.15, -0.1) is 11.8 Å². The van der Waals surface area contributed by atoms with Gasteiger partial charge in [-0.3, -0.25) is 4.79 Å². The molecule has 0 aromatic heterocycles. The predicted molar refractivity (Wildman–Crippen MR) is 68.9 cm³/mol. The van der Waals surface area contributed by atoms with Crippen LogP contribution in [0.1, 0.15) is 34.6 Å². The Kier molecular flexibility index (Phi) is 4.97. The number of aromatic carboxylic acids is 1. The summed E-state index contributed by atoms with van der Waals surface area (Å²) < 4.78 is 0. The highest BCUT2D eigenvalue weighted by Crippen LogP contribution is 2.23. The molecule has 0 unspecified atom stereocenters. The van der Waals surface area contributed by atoms with Crippen LogP contribution in [-0.4, -0.2) is 23.1 Å². The van der Waals surface area contributed by atoms with Crippen LogP contribution in [0.2, 0.25) is 0 Å². The van der Waals surface area contributed by atoms with Gasteiger partial charge in [-0.1, -0.05) is 11.6 Å². The highest BCUT2D eigenvalue weighted by atomic mass is 32.2. The molecule has 0 aliphatic heterocycles. The van der Waals surface area contributed by atoms with E-state index in [1.807, 2.05) is 13.8 Å². The van der Waals surface area contributed by atoms with Crippen LogP contribution in [0.25, 0.3) is 0 Å². The molecule has 0 radical (unpaired) electrons. The van der Waals surface area contributed by atoms with E-state index in [1.54, 1.807) is 6.07 Å². The number of hydrogen-bond acceptors (Lipinski definition) is 3. The summed E-state index contributed by atoms with van der Waals surface area (Å²) in [5.74, 6) is -0.246. The number of carbonyl (C=O) groups is 2. The summed E-state index contributed by atoms with van der Waals surface area (Å²) in [5.41, 5.74) is 1.78. The average molecular weight is 250 g/mol. The van der Waals surface area contributed by atoms with Crippen LogP contribution in [-0.2, 0) is 0 Å².